The summed E-state index contributed by atoms with van der Waals surface area (Å²) in [5.74, 6) is 0.298. The van der Waals surface area contributed by atoms with Crippen molar-refractivity contribution in [2.24, 2.45) is 0 Å². The molecule has 0 bridgehead atoms. The van der Waals surface area contributed by atoms with Gasteiger partial charge in [0.1, 0.15) is 11.8 Å². The molecule has 0 aromatic heterocycles. The number of anilines is 1. The third-order valence-electron chi connectivity index (χ3n) is 5.80. The molecular formula is C25H35N3O4S. The number of hydrogen-bond donors (Lipinski definition) is 1. The third-order valence-corrected chi connectivity index (χ3v) is 7.05. The molecule has 1 aliphatic heterocycles. The molecule has 1 heterocycles. The van der Waals surface area contributed by atoms with Crippen molar-refractivity contribution in [1.29, 1.82) is 0 Å². The Kier molecular flexibility index (Phi) is 8.74. The molecule has 2 aromatic rings. The Morgan fingerprint density at radius 1 is 1.09 bits per heavy atom. The second-order valence-electron chi connectivity index (χ2n) is 8.54. The molecule has 8 heteroatoms. The van der Waals surface area contributed by atoms with Gasteiger partial charge in [-0.3, -0.25) is 14.0 Å². The number of carbonyl (C=O) groups excluding carboxylic acids is 1. The lowest BCUT2D eigenvalue weighted by Gasteiger charge is -2.28. The Morgan fingerprint density at radius 2 is 1.76 bits per heavy atom. The molecule has 3 rings (SSSR count). The van der Waals surface area contributed by atoms with Crippen LogP contribution in [0.15, 0.2) is 48.5 Å². The number of benzene rings is 2. The van der Waals surface area contributed by atoms with Gasteiger partial charge in [-0.25, -0.2) is 8.42 Å². The maximum absolute atomic E-state index is 12.9. The number of sulfonamides is 1. The Balaban J connectivity index is 1.64. The van der Waals surface area contributed by atoms with Gasteiger partial charge < -0.3 is 10.1 Å². The van der Waals surface area contributed by atoms with Crippen LogP contribution < -0.4 is 14.4 Å². The summed E-state index contributed by atoms with van der Waals surface area (Å²) in [7, 11) is -3.67. The highest BCUT2D eigenvalue weighted by Gasteiger charge is 2.29. The highest BCUT2D eigenvalue weighted by atomic mass is 32.2. The van der Waals surface area contributed by atoms with E-state index in [1.165, 1.54) is 24.8 Å². The first kappa shape index (κ1) is 25.1. The Morgan fingerprint density at radius 3 is 2.39 bits per heavy atom. The summed E-state index contributed by atoms with van der Waals surface area (Å²) in [6, 6.07) is 14.0. The summed E-state index contributed by atoms with van der Waals surface area (Å²) in [5, 5.41) is 2.90. The SMILES string of the molecule is CCOc1ccc(N([C@@H](C)C(=O)NCc2cccc(CN3CCCCC3)c2)S(C)(=O)=O)cc1. The van der Waals surface area contributed by atoms with Crippen molar-refractivity contribution >= 4 is 21.6 Å². The third kappa shape index (κ3) is 7.20. The number of carbonyl (C=O) groups is 1. The van der Waals surface area contributed by atoms with E-state index in [2.05, 4.69) is 22.3 Å². The first-order valence-corrected chi connectivity index (χ1v) is 13.4. The number of likely N-dealkylation sites (tertiary alicyclic amines) is 1. The number of piperidine rings is 1. The highest BCUT2D eigenvalue weighted by molar-refractivity contribution is 7.92. The van der Waals surface area contributed by atoms with E-state index in [1.54, 1.807) is 31.2 Å². The van der Waals surface area contributed by atoms with E-state index < -0.39 is 16.1 Å². The molecular weight excluding hydrogens is 438 g/mol. The zero-order chi connectivity index (χ0) is 23.8. The van der Waals surface area contributed by atoms with E-state index in [4.69, 9.17) is 4.74 Å². The fourth-order valence-corrected chi connectivity index (χ4v) is 5.39. The van der Waals surface area contributed by atoms with Crippen LogP contribution in [0.5, 0.6) is 5.75 Å². The molecule has 0 saturated carbocycles. The quantitative estimate of drug-likeness (QED) is 0.571. The van der Waals surface area contributed by atoms with Gasteiger partial charge in [0, 0.05) is 13.1 Å². The Bertz CT molecular complexity index is 1020. The standard InChI is InChI=1S/C25H35N3O4S/c1-4-32-24-13-11-23(12-14-24)28(33(3,30)31)20(2)25(29)26-18-21-9-8-10-22(17-21)19-27-15-6-5-7-16-27/h8-14,17,20H,4-7,15-16,18-19H2,1-3H3,(H,26,29)/t20-/m0/s1. The molecule has 1 aliphatic rings. The van der Waals surface area contributed by atoms with Crippen LogP contribution >= 0.6 is 0 Å². The normalized spacial score (nSPS) is 15.6. The second-order valence-corrected chi connectivity index (χ2v) is 10.4. The van der Waals surface area contributed by atoms with Gasteiger partial charge in [-0.1, -0.05) is 30.7 Å². The van der Waals surface area contributed by atoms with Gasteiger partial charge >= 0.3 is 0 Å². The summed E-state index contributed by atoms with van der Waals surface area (Å²) < 4.78 is 31.6. The van der Waals surface area contributed by atoms with Crippen molar-refractivity contribution < 1.29 is 17.9 Å². The van der Waals surface area contributed by atoms with Crippen molar-refractivity contribution in [2.45, 2.75) is 52.2 Å². The second kappa shape index (κ2) is 11.5. The summed E-state index contributed by atoms with van der Waals surface area (Å²) in [5.41, 5.74) is 2.65. The molecule has 1 fully saturated rings. The molecule has 0 aliphatic carbocycles. The lowest BCUT2D eigenvalue weighted by molar-refractivity contribution is -0.122. The number of ether oxygens (including phenoxy) is 1. The van der Waals surface area contributed by atoms with Crippen LogP contribution in [0.3, 0.4) is 0 Å². The van der Waals surface area contributed by atoms with Crippen molar-refractivity contribution in [3.63, 3.8) is 0 Å². The lowest BCUT2D eigenvalue weighted by atomic mass is 10.1. The van der Waals surface area contributed by atoms with Gasteiger partial charge in [-0.2, -0.15) is 0 Å². The van der Waals surface area contributed by atoms with Crippen LogP contribution in [-0.4, -0.2) is 51.2 Å². The summed E-state index contributed by atoms with van der Waals surface area (Å²) in [4.78, 5) is 15.4. The molecule has 1 saturated heterocycles. The van der Waals surface area contributed by atoms with E-state index in [0.29, 0.717) is 24.6 Å². The molecule has 0 spiro atoms. The van der Waals surface area contributed by atoms with Gasteiger partial charge in [0.2, 0.25) is 15.9 Å². The molecule has 2 aromatic carbocycles. The monoisotopic (exact) mass is 473 g/mol. The molecule has 1 N–H and O–H groups in total. The molecule has 180 valence electrons. The predicted molar refractivity (Wildman–Crippen MR) is 132 cm³/mol. The minimum Gasteiger partial charge on any atom is -0.494 e. The number of nitrogens with one attached hydrogen (secondary N) is 1. The van der Waals surface area contributed by atoms with Crippen molar-refractivity contribution in [1.82, 2.24) is 10.2 Å². The number of nitrogens with zero attached hydrogens (tertiary/aromatic N) is 2. The molecule has 33 heavy (non-hydrogen) atoms. The number of amides is 1. The van der Waals surface area contributed by atoms with Gasteiger partial charge in [-0.05, 0) is 75.2 Å². The minimum absolute atomic E-state index is 0.345. The molecule has 1 amide bonds. The van der Waals surface area contributed by atoms with Gasteiger partial charge in [0.25, 0.3) is 0 Å². The highest BCUT2D eigenvalue weighted by Crippen LogP contribution is 2.24. The van der Waals surface area contributed by atoms with E-state index in [9.17, 15) is 13.2 Å². The first-order valence-electron chi connectivity index (χ1n) is 11.6. The van der Waals surface area contributed by atoms with E-state index in [-0.39, 0.29) is 5.91 Å². The molecule has 7 nitrogen and oxygen atoms in total. The largest absolute Gasteiger partial charge is 0.494 e. The smallest absolute Gasteiger partial charge is 0.243 e. The summed E-state index contributed by atoms with van der Waals surface area (Å²) in [6.07, 6.45) is 4.91. The van der Waals surface area contributed by atoms with Crippen LogP contribution in [0.25, 0.3) is 0 Å². The van der Waals surface area contributed by atoms with Gasteiger partial charge in [-0.15, -0.1) is 0 Å². The maximum Gasteiger partial charge on any atom is 0.243 e. The fraction of sp³-hybridized carbons (Fsp3) is 0.480. The molecule has 0 radical (unpaired) electrons. The number of rotatable bonds is 10. The summed E-state index contributed by atoms with van der Waals surface area (Å²) >= 11 is 0. The zero-order valence-corrected chi connectivity index (χ0v) is 20.6. The zero-order valence-electron chi connectivity index (χ0n) is 19.8. The average molecular weight is 474 g/mol. The lowest BCUT2D eigenvalue weighted by Crippen LogP contribution is -2.47. The number of hydrogen-bond acceptors (Lipinski definition) is 5. The van der Waals surface area contributed by atoms with Crippen LogP contribution in [0.1, 0.15) is 44.2 Å². The molecule has 0 unspecified atom stereocenters. The first-order chi connectivity index (χ1) is 15.8. The van der Waals surface area contributed by atoms with Gasteiger partial charge in [0.05, 0.1) is 18.6 Å². The van der Waals surface area contributed by atoms with E-state index >= 15 is 0 Å². The van der Waals surface area contributed by atoms with Crippen LogP contribution in [-0.2, 0) is 27.9 Å². The van der Waals surface area contributed by atoms with Gasteiger partial charge in [0.15, 0.2) is 0 Å². The van der Waals surface area contributed by atoms with E-state index in [0.717, 1.165) is 35.8 Å². The van der Waals surface area contributed by atoms with Crippen LogP contribution in [0, 0.1) is 0 Å². The topological polar surface area (TPSA) is 79.0 Å². The van der Waals surface area contributed by atoms with Crippen molar-refractivity contribution in [2.75, 3.05) is 30.3 Å². The molecule has 1 atom stereocenters. The van der Waals surface area contributed by atoms with Crippen molar-refractivity contribution in [3.8, 4) is 5.75 Å². The summed E-state index contributed by atoms with van der Waals surface area (Å²) in [6.45, 7) is 7.52. The van der Waals surface area contributed by atoms with Crippen LogP contribution in [0.2, 0.25) is 0 Å². The van der Waals surface area contributed by atoms with Crippen LogP contribution in [0.4, 0.5) is 5.69 Å². The van der Waals surface area contributed by atoms with Crippen molar-refractivity contribution in [3.05, 3.63) is 59.7 Å². The predicted octanol–water partition coefficient (Wildman–Crippen LogP) is 3.54. The Labute approximate surface area is 197 Å². The average Bonchev–Trinajstić information content (AvgIpc) is 2.79. The van der Waals surface area contributed by atoms with E-state index in [1.807, 2.05) is 19.1 Å². The maximum atomic E-state index is 12.9. The minimum atomic E-state index is -3.67. The fourth-order valence-electron chi connectivity index (χ4n) is 4.22. The Hall–Kier alpha value is -2.58.